The molecule has 0 spiro atoms. The highest BCUT2D eigenvalue weighted by Crippen LogP contribution is 2.13. The Morgan fingerprint density at radius 2 is 2.21 bits per heavy atom. The molecule has 0 saturated heterocycles. The quantitative estimate of drug-likeness (QED) is 0.706. The fraction of sp³-hybridized carbons (Fsp3) is 0.800. The lowest BCUT2D eigenvalue weighted by Crippen LogP contribution is -2.17. The molecule has 4 heteroatoms. The number of rotatable bonds is 6. The van der Waals surface area contributed by atoms with E-state index in [0.29, 0.717) is 0 Å². The number of aliphatic hydroxyl groups is 1. The topological polar surface area (TPSA) is 50.9 Å². The Kier molecular flexibility index (Phi) is 3.51. The molecule has 0 aromatic carbocycles. The molecule has 1 rings (SSSR count). The van der Waals surface area contributed by atoms with E-state index in [0.717, 1.165) is 32.2 Å². The third kappa shape index (κ3) is 4.97. The van der Waals surface area contributed by atoms with Crippen molar-refractivity contribution in [3.63, 3.8) is 0 Å². The Labute approximate surface area is 86.3 Å². The van der Waals surface area contributed by atoms with Crippen LogP contribution in [0, 0.1) is 0 Å². The summed E-state index contributed by atoms with van der Waals surface area (Å²) in [6.45, 7) is 4.46. The Bertz CT molecular complexity index is 293. The number of aryl methyl sites for hydroxylation is 1. The van der Waals surface area contributed by atoms with Gasteiger partial charge in [0.2, 0.25) is 0 Å². The minimum absolute atomic E-state index is 0.214. The molecule has 0 aliphatic heterocycles. The van der Waals surface area contributed by atoms with Crippen LogP contribution in [0.4, 0.5) is 0 Å². The summed E-state index contributed by atoms with van der Waals surface area (Å²) in [7, 11) is 0. The molecular formula is C10H19N3O. The summed E-state index contributed by atoms with van der Waals surface area (Å²) in [5.41, 5.74) is -0.554. The number of hydrogen-bond acceptors (Lipinski definition) is 3. The fourth-order valence-electron chi connectivity index (χ4n) is 1.32. The first-order chi connectivity index (χ1) is 6.97. The van der Waals surface area contributed by atoms with Gasteiger partial charge in [0.05, 0.1) is 13.1 Å². The second-order valence-electron chi connectivity index (χ2n) is 4.23. The maximum Gasteiger partial charge on any atom is 0.0877 e. The summed E-state index contributed by atoms with van der Waals surface area (Å²) in [6, 6.07) is 0. The molecule has 0 unspecified atom stereocenters. The van der Waals surface area contributed by atoms with Crippen LogP contribution in [0.25, 0.3) is 0 Å². The summed E-state index contributed by atoms with van der Waals surface area (Å²) in [4.78, 5) is 0. The average molecular weight is 198 g/mol. The molecule has 14 heavy (non-hydrogen) atoms. The molecule has 1 aromatic rings. The summed E-state index contributed by atoms with van der Waals surface area (Å²) >= 11 is 0. The normalized spacial score (nSPS) is 12.9. The second-order valence-corrected chi connectivity index (χ2v) is 4.23. The highest BCUT2D eigenvalue weighted by molar-refractivity contribution is 4.66. The monoisotopic (exact) mass is 198 g/mol. The minimum atomic E-state index is -0.554. The number of hydrogen-bond donors (Lipinski definition) is 1. The highest BCUT2D eigenvalue weighted by Gasteiger charge is 2.10. The third-order valence-electron chi connectivity index (χ3n) is 2.10. The lowest BCUT2D eigenvalue weighted by molar-refractivity contribution is 0.0679. The van der Waals surface area contributed by atoms with Crippen molar-refractivity contribution in [2.45, 2.75) is 51.7 Å². The Morgan fingerprint density at radius 1 is 1.43 bits per heavy atom. The standard InChI is InChI=1S/C10H19N3O/c1-10(2,14)6-4-3-5-8-13-9-7-11-12-13/h7,9,14H,3-6,8H2,1-2H3/i7D. The van der Waals surface area contributed by atoms with Gasteiger partial charge in [0.1, 0.15) is 0 Å². The molecule has 0 amide bonds. The Hall–Kier alpha value is -0.900. The van der Waals surface area contributed by atoms with E-state index in [2.05, 4.69) is 10.3 Å². The zero-order chi connectivity index (χ0) is 11.3. The molecule has 0 saturated carbocycles. The Morgan fingerprint density at radius 3 is 2.79 bits per heavy atom. The molecule has 0 aliphatic rings. The molecule has 0 fully saturated rings. The van der Waals surface area contributed by atoms with Crippen molar-refractivity contribution in [3.8, 4) is 0 Å². The van der Waals surface area contributed by atoms with Gasteiger partial charge in [-0.2, -0.15) is 0 Å². The average Bonchev–Trinajstić information content (AvgIpc) is 2.49. The van der Waals surface area contributed by atoms with Crippen LogP contribution >= 0.6 is 0 Å². The molecule has 1 aromatic heterocycles. The number of nitrogens with zero attached hydrogens (tertiary/aromatic N) is 3. The van der Waals surface area contributed by atoms with Crippen LogP contribution in [-0.2, 0) is 6.54 Å². The van der Waals surface area contributed by atoms with Crippen molar-refractivity contribution in [1.82, 2.24) is 15.0 Å². The first-order valence-corrected chi connectivity index (χ1v) is 5.06. The van der Waals surface area contributed by atoms with E-state index in [4.69, 9.17) is 1.37 Å². The van der Waals surface area contributed by atoms with Crippen LogP contribution in [-0.4, -0.2) is 25.7 Å². The van der Waals surface area contributed by atoms with Crippen LogP contribution in [0.1, 0.15) is 40.9 Å². The van der Waals surface area contributed by atoms with Gasteiger partial charge in [-0.05, 0) is 26.7 Å². The van der Waals surface area contributed by atoms with Crippen molar-refractivity contribution in [1.29, 1.82) is 0 Å². The summed E-state index contributed by atoms with van der Waals surface area (Å²) in [5, 5.41) is 16.9. The van der Waals surface area contributed by atoms with E-state index in [9.17, 15) is 5.11 Å². The second kappa shape index (κ2) is 5.10. The van der Waals surface area contributed by atoms with Gasteiger partial charge in [-0.25, -0.2) is 0 Å². The molecule has 80 valence electrons. The molecule has 0 atom stereocenters. The summed E-state index contributed by atoms with van der Waals surface area (Å²) < 4.78 is 8.87. The van der Waals surface area contributed by atoms with E-state index in [1.165, 1.54) is 0 Å². The third-order valence-corrected chi connectivity index (χ3v) is 2.10. The summed E-state index contributed by atoms with van der Waals surface area (Å²) in [5.74, 6) is 0. The lowest BCUT2D eigenvalue weighted by atomic mass is 10.0. The molecule has 1 heterocycles. The van der Waals surface area contributed by atoms with Crippen molar-refractivity contribution in [2.24, 2.45) is 0 Å². The van der Waals surface area contributed by atoms with E-state index >= 15 is 0 Å². The van der Waals surface area contributed by atoms with Crippen LogP contribution in [0.15, 0.2) is 12.4 Å². The lowest BCUT2D eigenvalue weighted by Gasteiger charge is -2.16. The largest absolute Gasteiger partial charge is 0.390 e. The predicted octanol–water partition coefficient (Wildman–Crippen LogP) is 1.61. The first-order valence-electron chi connectivity index (χ1n) is 5.56. The van der Waals surface area contributed by atoms with Crippen molar-refractivity contribution < 1.29 is 6.48 Å². The first kappa shape index (κ1) is 9.65. The zero-order valence-corrected chi connectivity index (χ0v) is 8.90. The summed E-state index contributed by atoms with van der Waals surface area (Å²) in [6.07, 6.45) is 5.76. The molecular weight excluding hydrogens is 178 g/mol. The number of aromatic nitrogens is 3. The smallest absolute Gasteiger partial charge is 0.0877 e. The molecule has 4 nitrogen and oxygen atoms in total. The van der Waals surface area contributed by atoms with Gasteiger partial charge in [0.25, 0.3) is 0 Å². The molecule has 0 radical (unpaired) electrons. The number of unbranched alkanes of at least 4 members (excludes halogenated alkanes) is 2. The van der Waals surface area contributed by atoms with Crippen LogP contribution in [0.5, 0.6) is 0 Å². The van der Waals surface area contributed by atoms with Crippen LogP contribution in [0.3, 0.4) is 0 Å². The van der Waals surface area contributed by atoms with Gasteiger partial charge in [0, 0.05) is 12.7 Å². The van der Waals surface area contributed by atoms with Gasteiger partial charge < -0.3 is 5.11 Å². The molecule has 0 aliphatic carbocycles. The maximum atomic E-state index is 9.48. The van der Waals surface area contributed by atoms with Crippen molar-refractivity contribution in [2.75, 3.05) is 0 Å². The zero-order valence-electron chi connectivity index (χ0n) is 9.90. The molecule has 0 bridgehead atoms. The van der Waals surface area contributed by atoms with Crippen LogP contribution < -0.4 is 0 Å². The minimum Gasteiger partial charge on any atom is -0.390 e. The fourth-order valence-corrected chi connectivity index (χ4v) is 1.32. The van der Waals surface area contributed by atoms with Gasteiger partial charge >= 0.3 is 0 Å². The van der Waals surface area contributed by atoms with Gasteiger partial charge in [-0.15, -0.1) is 5.10 Å². The van der Waals surface area contributed by atoms with E-state index < -0.39 is 5.60 Å². The SMILES string of the molecule is [2H]c1cn(CCCCCC(C)(C)O)nn1. The van der Waals surface area contributed by atoms with Gasteiger partial charge in [0.15, 0.2) is 0 Å². The van der Waals surface area contributed by atoms with Gasteiger partial charge in [-0.1, -0.05) is 18.1 Å². The molecule has 1 N–H and O–H groups in total. The maximum absolute atomic E-state index is 9.48. The Balaban J connectivity index is 2.07. The predicted molar refractivity (Wildman–Crippen MR) is 54.8 cm³/mol. The van der Waals surface area contributed by atoms with Crippen LogP contribution in [0.2, 0.25) is 0 Å². The van der Waals surface area contributed by atoms with E-state index in [1.54, 1.807) is 10.9 Å². The van der Waals surface area contributed by atoms with Crippen molar-refractivity contribution >= 4 is 0 Å². The van der Waals surface area contributed by atoms with Gasteiger partial charge in [-0.3, -0.25) is 4.68 Å². The highest BCUT2D eigenvalue weighted by atomic mass is 16.3. The van der Waals surface area contributed by atoms with E-state index in [-0.39, 0.29) is 6.17 Å². The van der Waals surface area contributed by atoms with E-state index in [1.807, 2.05) is 13.8 Å². The van der Waals surface area contributed by atoms with Crippen molar-refractivity contribution in [3.05, 3.63) is 12.4 Å².